The molecule has 0 amide bonds. The van der Waals surface area contributed by atoms with E-state index >= 15 is 0 Å². The predicted molar refractivity (Wildman–Crippen MR) is 82.7 cm³/mol. The van der Waals surface area contributed by atoms with Crippen molar-refractivity contribution in [1.82, 2.24) is 5.32 Å². The normalized spacial score (nSPS) is 24.3. The summed E-state index contributed by atoms with van der Waals surface area (Å²) in [5.41, 5.74) is 0.862. The lowest BCUT2D eigenvalue weighted by Crippen LogP contribution is -2.17. The van der Waals surface area contributed by atoms with E-state index in [0.29, 0.717) is 42.0 Å². The van der Waals surface area contributed by atoms with Crippen LogP contribution in [0.2, 0.25) is 5.02 Å². The Balaban J connectivity index is 1.78. The fraction of sp³-hybridized carbons (Fsp3) is 0.562. The standard InChI is InChI=1S/C16H20ClNO4/c1-21-14-5-11(13-4-10(7-18-13)16(19)20)12(17)6-15(14)22-8-9-2-3-9/h5-6,9-10,13,18H,2-4,7-8H2,1H3,(H,19,20). The third-order valence-corrected chi connectivity index (χ3v) is 4.64. The number of halogens is 1. The molecule has 2 unspecified atom stereocenters. The number of hydrogen-bond donors (Lipinski definition) is 2. The van der Waals surface area contributed by atoms with Crippen LogP contribution in [0, 0.1) is 11.8 Å². The summed E-state index contributed by atoms with van der Waals surface area (Å²) in [6.07, 6.45) is 2.97. The minimum atomic E-state index is -0.775. The highest BCUT2D eigenvalue weighted by Crippen LogP contribution is 2.40. The minimum absolute atomic E-state index is 0.0695. The highest BCUT2D eigenvalue weighted by Gasteiger charge is 2.32. The molecule has 1 aliphatic carbocycles. The highest BCUT2D eigenvalue weighted by molar-refractivity contribution is 6.31. The average Bonchev–Trinajstić information content (AvgIpc) is 3.19. The topological polar surface area (TPSA) is 67.8 Å². The Morgan fingerprint density at radius 3 is 2.77 bits per heavy atom. The summed E-state index contributed by atoms with van der Waals surface area (Å²) in [6, 6.07) is 3.56. The maximum absolute atomic E-state index is 11.1. The van der Waals surface area contributed by atoms with Crippen LogP contribution in [0.1, 0.15) is 30.9 Å². The zero-order chi connectivity index (χ0) is 15.7. The average molecular weight is 326 g/mol. The molecular formula is C16H20ClNO4. The summed E-state index contributed by atoms with van der Waals surface area (Å²) >= 11 is 6.37. The molecule has 1 saturated heterocycles. The molecule has 2 fully saturated rings. The SMILES string of the molecule is COc1cc(C2CC(C(=O)O)CN2)c(Cl)cc1OCC1CC1. The summed E-state index contributed by atoms with van der Waals surface area (Å²) < 4.78 is 11.2. The second kappa shape index (κ2) is 6.34. The number of ether oxygens (including phenoxy) is 2. The monoisotopic (exact) mass is 325 g/mol. The van der Waals surface area contributed by atoms with Crippen molar-refractivity contribution < 1.29 is 19.4 Å². The number of nitrogens with one attached hydrogen (secondary N) is 1. The number of benzene rings is 1. The van der Waals surface area contributed by atoms with Crippen LogP contribution in [-0.4, -0.2) is 31.3 Å². The Morgan fingerprint density at radius 1 is 1.41 bits per heavy atom. The lowest BCUT2D eigenvalue weighted by molar-refractivity contribution is -0.141. The Labute approximate surface area is 134 Å². The van der Waals surface area contributed by atoms with Crippen LogP contribution in [0.25, 0.3) is 0 Å². The van der Waals surface area contributed by atoms with Crippen LogP contribution in [-0.2, 0) is 4.79 Å². The van der Waals surface area contributed by atoms with Crippen LogP contribution in [0.4, 0.5) is 0 Å². The van der Waals surface area contributed by atoms with Gasteiger partial charge in [-0.1, -0.05) is 11.6 Å². The van der Waals surface area contributed by atoms with Crippen molar-refractivity contribution in [3.05, 3.63) is 22.7 Å². The van der Waals surface area contributed by atoms with Gasteiger partial charge in [-0.2, -0.15) is 0 Å². The summed E-state index contributed by atoms with van der Waals surface area (Å²) in [5.74, 6) is 0.785. The molecule has 1 aromatic rings. The summed E-state index contributed by atoms with van der Waals surface area (Å²) in [6.45, 7) is 1.15. The highest BCUT2D eigenvalue weighted by atomic mass is 35.5. The molecule has 120 valence electrons. The number of aliphatic carboxylic acids is 1. The van der Waals surface area contributed by atoms with Crippen molar-refractivity contribution in [2.45, 2.75) is 25.3 Å². The first-order valence-electron chi connectivity index (χ1n) is 7.55. The number of carboxylic acids is 1. The molecular weight excluding hydrogens is 306 g/mol. The van der Waals surface area contributed by atoms with Crippen LogP contribution in [0.15, 0.2) is 12.1 Å². The van der Waals surface area contributed by atoms with Crippen molar-refractivity contribution in [3.8, 4) is 11.5 Å². The van der Waals surface area contributed by atoms with Crippen LogP contribution in [0.3, 0.4) is 0 Å². The zero-order valence-corrected chi connectivity index (χ0v) is 13.2. The Bertz CT molecular complexity index is 574. The van der Waals surface area contributed by atoms with Gasteiger partial charge in [0, 0.05) is 23.7 Å². The number of carbonyl (C=O) groups is 1. The molecule has 0 spiro atoms. The summed E-state index contributed by atoms with van der Waals surface area (Å²) in [5, 5.41) is 12.9. The number of rotatable bonds is 6. The smallest absolute Gasteiger partial charge is 0.307 e. The number of methoxy groups -OCH3 is 1. The molecule has 2 N–H and O–H groups in total. The van der Waals surface area contributed by atoms with E-state index in [1.54, 1.807) is 13.2 Å². The van der Waals surface area contributed by atoms with E-state index < -0.39 is 5.97 Å². The van der Waals surface area contributed by atoms with Crippen molar-refractivity contribution in [2.75, 3.05) is 20.3 Å². The molecule has 5 nitrogen and oxygen atoms in total. The van der Waals surface area contributed by atoms with E-state index in [9.17, 15) is 4.79 Å². The quantitative estimate of drug-likeness (QED) is 0.841. The van der Waals surface area contributed by atoms with Gasteiger partial charge in [-0.3, -0.25) is 4.79 Å². The molecule has 1 heterocycles. The van der Waals surface area contributed by atoms with Gasteiger partial charge in [0.05, 0.1) is 19.6 Å². The van der Waals surface area contributed by atoms with Gasteiger partial charge in [-0.15, -0.1) is 0 Å². The second-order valence-corrected chi connectivity index (χ2v) is 6.42. The van der Waals surface area contributed by atoms with E-state index in [1.165, 1.54) is 12.8 Å². The third kappa shape index (κ3) is 3.31. The summed E-state index contributed by atoms with van der Waals surface area (Å²) in [7, 11) is 1.60. The van der Waals surface area contributed by atoms with Gasteiger partial charge in [0.1, 0.15) is 0 Å². The van der Waals surface area contributed by atoms with Crippen LogP contribution < -0.4 is 14.8 Å². The van der Waals surface area contributed by atoms with Crippen molar-refractivity contribution in [3.63, 3.8) is 0 Å². The maximum atomic E-state index is 11.1. The number of hydrogen-bond acceptors (Lipinski definition) is 4. The van der Waals surface area contributed by atoms with E-state index in [0.717, 1.165) is 5.56 Å². The van der Waals surface area contributed by atoms with Gasteiger partial charge in [0.2, 0.25) is 0 Å². The first-order valence-corrected chi connectivity index (χ1v) is 7.92. The lowest BCUT2D eigenvalue weighted by atomic mass is 9.99. The third-order valence-electron chi connectivity index (χ3n) is 4.31. The van der Waals surface area contributed by atoms with Gasteiger partial charge in [-0.25, -0.2) is 0 Å². The van der Waals surface area contributed by atoms with Gasteiger partial charge >= 0.3 is 5.97 Å². The largest absolute Gasteiger partial charge is 0.493 e. The van der Waals surface area contributed by atoms with E-state index in [4.69, 9.17) is 26.2 Å². The Hall–Kier alpha value is -1.46. The fourth-order valence-corrected chi connectivity index (χ4v) is 3.03. The van der Waals surface area contributed by atoms with Crippen LogP contribution >= 0.6 is 11.6 Å². The first-order chi connectivity index (χ1) is 10.6. The molecule has 22 heavy (non-hydrogen) atoms. The zero-order valence-electron chi connectivity index (χ0n) is 12.5. The molecule has 2 aliphatic rings. The summed E-state index contributed by atoms with van der Waals surface area (Å²) in [4.78, 5) is 11.1. The molecule has 1 aromatic carbocycles. The van der Waals surface area contributed by atoms with E-state index in [-0.39, 0.29) is 12.0 Å². The molecule has 3 rings (SSSR count). The van der Waals surface area contributed by atoms with E-state index in [1.807, 2.05) is 6.07 Å². The van der Waals surface area contributed by atoms with Gasteiger partial charge < -0.3 is 19.9 Å². The molecule has 1 saturated carbocycles. The van der Waals surface area contributed by atoms with Gasteiger partial charge in [0.15, 0.2) is 11.5 Å². The van der Waals surface area contributed by atoms with Crippen molar-refractivity contribution in [2.24, 2.45) is 11.8 Å². The molecule has 1 aliphatic heterocycles. The van der Waals surface area contributed by atoms with Gasteiger partial charge in [0.25, 0.3) is 0 Å². The Morgan fingerprint density at radius 2 is 2.18 bits per heavy atom. The van der Waals surface area contributed by atoms with Crippen molar-refractivity contribution in [1.29, 1.82) is 0 Å². The van der Waals surface area contributed by atoms with Crippen LogP contribution in [0.5, 0.6) is 11.5 Å². The molecule has 6 heteroatoms. The maximum Gasteiger partial charge on any atom is 0.307 e. The molecule has 2 atom stereocenters. The second-order valence-electron chi connectivity index (χ2n) is 6.01. The van der Waals surface area contributed by atoms with Crippen molar-refractivity contribution >= 4 is 17.6 Å². The Kier molecular flexibility index (Phi) is 4.45. The van der Waals surface area contributed by atoms with E-state index in [2.05, 4.69) is 5.32 Å². The molecule has 0 bridgehead atoms. The lowest BCUT2D eigenvalue weighted by Gasteiger charge is -2.17. The minimum Gasteiger partial charge on any atom is -0.493 e. The molecule has 0 radical (unpaired) electrons. The molecule has 0 aromatic heterocycles. The predicted octanol–water partition coefficient (Wildman–Crippen LogP) is 2.87. The first kappa shape index (κ1) is 15.4. The fourth-order valence-electron chi connectivity index (χ4n) is 2.74. The number of carboxylic acid groups (broad SMARTS) is 1. The van der Waals surface area contributed by atoms with Gasteiger partial charge in [-0.05, 0) is 36.8 Å².